The molecule has 0 aromatic heterocycles. The van der Waals surface area contributed by atoms with Gasteiger partial charge in [-0.2, -0.15) is 0 Å². The molecule has 0 saturated carbocycles. The van der Waals surface area contributed by atoms with Crippen molar-refractivity contribution in [1.29, 1.82) is 0 Å². The lowest BCUT2D eigenvalue weighted by Crippen LogP contribution is -1.98. The average Bonchev–Trinajstić information content (AvgIpc) is 2.46. The number of nitrogen functional groups attached to an aromatic ring is 1. The highest BCUT2D eigenvalue weighted by Gasteiger charge is 2.01. The van der Waals surface area contributed by atoms with Crippen molar-refractivity contribution in [3.63, 3.8) is 0 Å². The molecule has 0 aliphatic carbocycles. The van der Waals surface area contributed by atoms with Crippen LogP contribution in [0.1, 0.15) is 11.1 Å². The number of rotatable bonds is 6. The van der Waals surface area contributed by atoms with Gasteiger partial charge >= 0.3 is 0 Å². The number of aliphatic hydroxyl groups is 1. The lowest BCUT2D eigenvalue weighted by Gasteiger charge is -2.09. The molecule has 0 aliphatic rings. The minimum Gasteiger partial charge on any atom is -0.497 e. The molecule has 0 amide bonds. The van der Waals surface area contributed by atoms with Gasteiger partial charge in [0, 0.05) is 18.4 Å². The van der Waals surface area contributed by atoms with Gasteiger partial charge in [-0.15, -0.1) is 0 Å². The van der Waals surface area contributed by atoms with Gasteiger partial charge in [0.05, 0.1) is 7.11 Å². The van der Waals surface area contributed by atoms with E-state index in [0.717, 1.165) is 22.6 Å². The van der Waals surface area contributed by atoms with Crippen LogP contribution in [-0.2, 0) is 13.0 Å². The fourth-order valence-electron chi connectivity index (χ4n) is 1.94. The molecule has 0 bridgehead atoms. The van der Waals surface area contributed by atoms with Gasteiger partial charge in [-0.3, -0.25) is 0 Å². The van der Waals surface area contributed by atoms with E-state index in [0.29, 0.717) is 18.7 Å². The third-order valence-corrected chi connectivity index (χ3v) is 2.95. The predicted octanol–water partition coefficient (Wildman–Crippen LogP) is 2.39. The summed E-state index contributed by atoms with van der Waals surface area (Å²) in [6, 6.07) is 13.2. The van der Waals surface area contributed by atoms with Gasteiger partial charge in [-0.1, -0.05) is 12.1 Å². The summed E-state index contributed by atoms with van der Waals surface area (Å²) in [6.45, 7) is 0.587. The minimum absolute atomic E-state index is 0.156. The molecule has 0 aliphatic heterocycles. The zero-order valence-electron chi connectivity index (χ0n) is 11.5. The van der Waals surface area contributed by atoms with Crippen molar-refractivity contribution in [2.75, 3.05) is 19.5 Å². The van der Waals surface area contributed by atoms with Gasteiger partial charge in [0.25, 0.3) is 0 Å². The number of aliphatic hydroxyl groups excluding tert-OH is 1. The molecule has 0 radical (unpaired) electrons. The minimum atomic E-state index is 0.156. The van der Waals surface area contributed by atoms with Crippen LogP contribution in [0.4, 0.5) is 5.69 Å². The second-order valence-corrected chi connectivity index (χ2v) is 4.52. The molecule has 0 heterocycles. The van der Waals surface area contributed by atoms with Crippen molar-refractivity contribution >= 4 is 5.69 Å². The summed E-state index contributed by atoms with van der Waals surface area (Å²) in [6.07, 6.45) is 0.659. The fraction of sp³-hybridized carbons (Fsp3) is 0.250. The number of anilines is 1. The molecule has 4 heteroatoms. The molecule has 106 valence electrons. The lowest BCUT2D eigenvalue weighted by atomic mass is 10.1. The van der Waals surface area contributed by atoms with E-state index >= 15 is 0 Å². The van der Waals surface area contributed by atoms with Crippen LogP contribution in [-0.4, -0.2) is 18.8 Å². The summed E-state index contributed by atoms with van der Waals surface area (Å²) < 4.78 is 10.9. The molecule has 20 heavy (non-hydrogen) atoms. The Morgan fingerprint density at radius 1 is 1.00 bits per heavy atom. The Morgan fingerprint density at radius 3 is 2.40 bits per heavy atom. The maximum Gasteiger partial charge on any atom is 0.121 e. The van der Waals surface area contributed by atoms with Crippen LogP contribution in [0.5, 0.6) is 11.5 Å². The van der Waals surface area contributed by atoms with Crippen LogP contribution in [0.3, 0.4) is 0 Å². The Morgan fingerprint density at radius 2 is 1.75 bits per heavy atom. The zero-order valence-corrected chi connectivity index (χ0v) is 11.5. The molecule has 4 nitrogen and oxygen atoms in total. The molecule has 0 atom stereocenters. The van der Waals surface area contributed by atoms with Crippen molar-refractivity contribution in [3.8, 4) is 11.5 Å². The number of ether oxygens (including phenoxy) is 2. The topological polar surface area (TPSA) is 64.7 Å². The Kier molecular flexibility index (Phi) is 4.85. The summed E-state index contributed by atoms with van der Waals surface area (Å²) in [5, 5.41) is 8.86. The average molecular weight is 273 g/mol. The van der Waals surface area contributed by atoms with Crippen LogP contribution in [0.15, 0.2) is 42.5 Å². The number of methoxy groups -OCH3 is 1. The number of hydrogen-bond donors (Lipinski definition) is 2. The van der Waals surface area contributed by atoms with E-state index in [1.807, 2.05) is 36.4 Å². The molecular weight excluding hydrogens is 254 g/mol. The number of hydrogen-bond acceptors (Lipinski definition) is 4. The summed E-state index contributed by atoms with van der Waals surface area (Å²) in [4.78, 5) is 0. The van der Waals surface area contributed by atoms with Crippen LogP contribution in [0.25, 0.3) is 0 Å². The first-order valence-corrected chi connectivity index (χ1v) is 6.47. The Labute approximate surface area is 118 Å². The molecule has 0 spiro atoms. The molecule has 2 aromatic carbocycles. The van der Waals surface area contributed by atoms with Crippen molar-refractivity contribution < 1.29 is 14.6 Å². The smallest absolute Gasteiger partial charge is 0.121 e. The van der Waals surface area contributed by atoms with Gasteiger partial charge in [0.1, 0.15) is 18.1 Å². The van der Waals surface area contributed by atoms with Crippen molar-refractivity contribution in [3.05, 3.63) is 53.6 Å². The van der Waals surface area contributed by atoms with Crippen molar-refractivity contribution in [2.24, 2.45) is 0 Å². The summed E-state index contributed by atoms with van der Waals surface area (Å²) in [5.74, 6) is 1.51. The third-order valence-electron chi connectivity index (χ3n) is 2.95. The van der Waals surface area contributed by atoms with Gasteiger partial charge in [0.15, 0.2) is 0 Å². The second-order valence-electron chi connectivity index (χ2n) is 4.52. The fourth-order valence-corrected chi connectivity index (χ4v) is 1.94. The van der Waals surface area contributed by atoms with Gasteiger partial charge in [-0.05, 0) is 41.8 Å². The van der Waals surface area contributed by atoms with Crippen LogP contribution >= 0.6 is 0 Å². The molecule has 0 unspecified atom stereocenters. The van der Waals surface area contributed by atoms with Crippen molar-refractivity contribution in [2.45, 2.75) is 13.0 Å². The lowest BCUT2D eigenvalue weighted by molar-refractivity contribution is 0.298. The summed E-state index contributed by atoms with van der Waals surface area (Å²) in [7, 11) is 1.61. The van der Waals surface area contributed by atoms with Crippen LogP contribution < -0.4 is 15.2 Å². The van der Waals surface area contributed by atoms with Crippen LogP contribution in [0, 0.1) is 0 Å². The first-order valence-electron chi connectivity index (χ1n) is 6.47. The molecular formula is C16H19NO3. The highest BCUT2D eigenvalue weighted by atomic mass is 16.5. The Bertz CT molecular complexity index is 552. The van der Waals surface area contributed by atoms with Gasteiger partial charge in [-0.25, -0.2) is 0 Å². The molecule has 2 aromatic rings. The highest BCUT2D eigenvalue weighted by molar-refractivity contribution is 5.47. The molecule has 2 rings (SSSR count). The zero-order chi connectivity index (χ0) is 14.4. The monoisotopic (exact) mass is 273 g/mol. The maximum atomic E-state index is 8.86. The highest BCUT2D eigenvalue weighted by Crippen LogP contribution is 2.20. The number of benzene rings is 2. The third kappa shape index (κ3) is 3.90. The largest absolute Gasteiger partial charge is 0.497 e. The molecule has 3 N–H and O–H groups in total. The maximum absolute atomic E-state index is 8.86. The van der Waals surface area contributed by atoms with E-state index in [-0.39, 0.29) is 6.61 Å². The summed E-state index contributed by atoms with van der Waals surface area (Å²) in [5.41, 5.74) is 8.50. The standard InChI is InChI=1S/C16H19NO3/c1-19-16-9-13(8-14(17)10-16)11-20-15-4-2-12(3-5-15)6-7-18/h2-5,8-10,18H,6-7,11,17H2,1H3. The quantitative estimate of drug-likeness (QED) is 0.793. The van der Waals surface area contributed by atoms with Gasteiger partial charge in [0.2, 0.25) is 0 Å². The first kappa shape index (κ1) is 14.2. The number of nitrogens with two attached hydrogens (primary N) is 1. The van der Waals surface area contributed by atoms with E-state index in [1.165, 1.54) is 0 Å². The predicted molar refractivity (Wildman–Crippen MR) is 79.0 cm³/mol. The van der Waals surface area contributed by atoms with E-state index in [1.54, 1.807) is 13.2 Å². The SMILES string of the molecule is COc1cc(N)cc(COc2ccc(CCO)cc2)c1. The molecule has 0 saturated heterocycles. The first-order chi connectivity index (χ1) is 9.71. The Balaban J connectivity index is 1.99. The van der Waals surface area contributed by atoms with Gasteiger partial charge < -0.3 is 20.3 Å². The second kappa shape index (κ2) is 6.82. The van der Waals surface area contributed by atoms with Crippen molar-refractivity contribution in [1.82, 2.24) is 0 Å². The normalized spacial score (nSPS) is 10.3. The summed E-state index contributed by atoms with van der Waals surface area (Å²) >= 11 is 0. The molecule has 0 fully saturated rings. The van der Waals surface area contributed by atoms with E-state index in [2.05, 4.69) is 0 Å². The Hall–Kier alpha value is -2.20. The van der Waals surface area contributed by atoms with E-state index < -0.39 is 0 Å². The van der Waals surface area contributed by atoms with Crippen LogP contribution in [0.2, 0.25) is 0 Å². The van der Waals surface area contributed by atoms with E-state index in [4.69, 9.17) is 20.3 Å². The van der Waals surface area contributed by atoms with E-state index in [9.17, 15) is 0 Å².